The zero-order valence-electron chi connectivity index (χ0n) is 11.4. The molecule has 5 heteroatoms. The topological polar surface area (TPSA) is 46.5 Å². The molecule has 20 heavy (non-hydrogen) atoms. The van der Waals surface area contributed by atoms with Gasteiger partial charge in [-0.25, -0.2) is 8.42 Å². The van der Waals surface area contributed by atoms with Gasteiger partial charge in [0, 0.05) is 21.8 Å². The van der Waals surface area contributed by atoms with E-state index in [1.165, 1.54) is 0 Å². The lowest BCUT2D eigenvalue weighted by Gasteiger charge is -2.22. The Morgan fingerprint density at radius 1 is 1.20 bits per heavy atom. The molecule has 0 fully saturated rings. The lowest BCUT2D eigenvalue weighted by atomic mass is 9.80. The van der Waals surface area contributed by atoms with Crippen LogP contribution in [0.15, 0.2) is 40.2 Å². The average molecular weight is 308 g/mol. The number of rotatable bonds is 1. The molecule has 1 heterocycles. The highest BCUT2D eigenvalue weighted by Gasteiger charge is 2.37. The maximum atomic E-state index is 11.9. The first-order valence-corrected chi connectivity index (χ1v) is 8.60. The highest BCUT2D eigenvalue weighted by molar-refractivity contribution is 8.13. The minimum absolute atomic E-state index is 0.0952. The first-order chi connectivity index (χ1) is 9.23. The van der Waals surface area contributed by atoms with E-state index in [0.29, 0.717) is 5.69 Å². The van der Waals surface area contributed by atoms with Gasteiger partial charge in [0.25, 0.3) is 9.05 Å². The maximum Gasteiger partial charge on any atom is 0.263 e. The lowest BCUT2D eigenvalue weighted by molar-refractivity contribution is 0.610. The maximum absolute atomic E-state index is 11.9. The van der Waals surface area contributed by atoms with Crippen LogP contribution in [0.2, 0.25) is 0 Å². The van der Waals surface area contributed by atoms with Crippen molar-refractivity contribution in [2.75, 3.05) is 0 Å². The molecule has 3 nitrogen and oxygen atoms in total. The second kappa shape index (κ2) is 4.06. The van der Waals surface area contributed by atoms with Crippen LogP contribution >= 0.6 is 10.7 Å². The molecule has 0 bridgehead atoms. The fourth-order valence-electron chi connectivity index (χ4n) is 2.73. The lowest BCUT2D eigenvalue weighted by Crippen LogP contribution is -2.23. The molecule has 0 amide bonds. The predicted molar refractivity (Wildman–Crippen MR) is 82.8 cm³/mol. The van der Waals surface area contributed by atoms with Crippen LogP contribution in [0, 0.1) is 0 Å². The van der Waals surface area contributed by atoms with Gasteiger partial charge in [0.15, 0.2) is 0 Å². The Balaban J connectivity index is 2.56. The van der Waals surface area contributed by atoms with Gasteiger partial charge in [-0.05, 0) is 29.3 Å². The molecule has 1 aliphatic heterocycles. The Labute approximate surface area is 122 Å². The van der Waals surface area contributed by atoms with Crippen molar-refractivity contribution in [3.8, 4) is 0 Å². The molecule has 3 rings (SSSR count). The number of benzene rings is 2. The van der Waals surface area contributed by atoms with E-state index in [-0.39, 0.29) is 10.3 Å². The summed E-state index contributed by atoms with van der Waals surface area (Å²) in [5.41, 5.74) is 2.02. The second-order valence-electron chi connectivity index (χ2n) is 5.58. The molecule has 2 aromatic carbocycles. The zero-order valence-corrected chi connectivity index (χ0v) is 13.0. The number of aliphatic imine (C=N–C) groups is 1. The normalized spacial score (nSPS) is 17.1. The van der Waals surface area contributed by atoms with E-state index in [9.17, 15) is 8.42 Å². The summed E-state index contributed by atoms with van der Waals surface area (Å²) in [4.78, 5) is 4.57. The molecular weight excluding hydrogens is 294 g/mol. The third kappa shape index (κ3) is 1.79. The number of hydrogen-bond acceptors (Lipinski definition) is 3. The smallest absolute Gasteiger partial charge is 0.255 e. The predicted octanol–water partition coefficient (Wildman–Crippen LogP) is 4.15. The van der Waals surface area contributed by atoms with E-state index < -0.39 is 9.05 Å². The molecule has 0 spiro atoms. The van der Waals surface area contributed by atoms with E-state index in [1.54, 1.807) is 6.07 Å². The minimum Gasteiger partial charge on any atom is -0.255 e. The highest BCUT2D eigenvalue weighted by Crippen LogP contribution is 2.48. The fourth-order valence-corrected chi connectivity index (χ4v) is 3.73. The summed E-state index contributed by atoms with van der Waals surface area (Å²) < 4.78 is 23.7. The Morgan fingerprint density at radius 3 is 2.50 bits per heavy atom. The molecule has 0 radical (unpaired) electrons. The van der Waals surface area contributed by atoms with Crippen molar-refractivity contribution in [3.05, 3.63) is 35.9 Å². The van der Waals surface area contributed by atoms with Crippen LogP contribution in [0.1, 0.15) is 26.3 Å². The van der Waals surface area contributed by atoms with Crippen LogP contribution in [-0.2, 0) is 14.5 Å². The summed E-state index contributed by atoms with van der Waals surface area (Å²) in [6, 6.07) is 9.32. The van der Waals surface area contributed by atoms with Gasteiger partial charge in [-0.2, -0.15) is 0 Å². The number of hydrogen-bond donors (Lipinski definition) is 0. The molecule has 0 saturated carbocycles. The quantitative estimate of drug-likeness (QED) is 0.743. The van der Waals surface area contributed by atoms with Crippen molar-refractivity contribution in [2.45, 2.75) is 31.1 Å². The second-order valence-corrected chi connectivity index (χ2v) is 8.11. The summed E-state index contributed by atoms with van der Waals surface area (Å²) >= 11 is 0. The summed E-state index contributed by atoms with van der Waals surface area (Å²) in [5, 5.41) is 1.89. The van der Waals surface area contributed by atoms with Crippen molar-refractivity contribution in [1.29, 1.82) is 0 Å². The fraction of sp³-hybridized carbons (Fsp3) is 0.267. The van der Waals surface area contributed by atoms with Gasteiger partial charge in [-0.15, -0.1) is 0 Å². The van der Waals surface area contributed by atoms with Gasteiger partial charge in [0.2, 0.25) is 0 Å². The van der Waals surface area contributed by atoms with E-state index in [0.717, 1.165) is 22.0 Å². The van der Waals surface area contributed by atoms with Crippen LogP contribution in [0.4, 0.5) is 5.69 Å². The molecule has 1 aliphatic rings. The minimum atomic E-state index is -3.83. The average Bonchev–Trinajstić information content (AvgIpc) is 2.59. The van der Waals surface area contributed by atoms with Gasteiger partial charge in [-0.3, -0.25) is 4.99 Å². The summed E-state index contributed by atoms with van der Waals surface area (Å²) in [6.07, 6.45) is 0. The Bertz CT molecular complexity index is 867. The number of halogens is 1. The number of nitrogens with zero attached hydrogens (tertiary/aromatic N) is 1. The molecular formula is C15H14ClNO2S. The zero-order chi connectivity index (χ0) is 14.7. The molecule has 104 valence electrons. The number of fused-ring (bicyclic) bond motifs is 3. The van der Waals surface area contributed by atoms with Gasteiger partial charge in [-0.1, -0.05) is 38.1 Å². The van der Waals surface area contributed by atoms with Gasteiger partial charge in [0.1, 0.15) is 4.90 Å². The van der Waals surface area contributed by atoms with Gasteiger partial charge >= 0.3 is 0 Å². The van der Waals surface area contributed by atoms with E-state index >= 15 is 0 Å². The van der Waals surface area contributed by atoms with Crippen molar-refractivity contribution < 1.29 is 8.42 Å². The SMILES string of the molecule is CC1=Nc2c(S(=O)(=O)Cl)cc3ccccc3c2C1(C)C. The van der Waals surface area contributed by atoms with E-state index in [1.807, 2.05) is 31.2 Å². The van der Waals surface area contributed by atoms with Crippen LogP contribution in [-0.4, -0.2) is 14.1 Å². The Hall–Kier alpha value is -1.39. The first kappa shape index (κ1) is 13.6. The van der Waals surface area contributed by atoms with Crippen molar-refractivity contribution in [1.82, 2.24) is 0 Å². The molecule has 0 unspecified atom stereocenters. The van der Waals surface area contributed by atoms with Crippen molar-refractivity contribution in [3.63, 3.8) is 0 Å². The molecule has 0 aliphatic carbocycles. The largest absolute Gasteiger partial charge is 0.263 e. The van der Waals surface area contributed by atoms with Crippen LogP contribution in [0.5, 0.6) is 0 Å². The van der Waals surface area contributed by atoms with E-state index in [4.69, 9.17) is 10.7 Å². The first-order valence-electron chi connectivity index (χ1n) is 6.29. The summed E-state index contributed by atoms with van der Waals surface area (Å²) in [6.45, 7) is 6.02. The van der Waals surface area contributed by atoms with Crippen molar-refractivity contribution in [2.24, 2.45) is 4.99 Å². The van der Waals surface area contributed by atoms with Crippen LogP contribution in [0.25, 0.3) is 10.8 Å². The molecule has 0 aromatic heterocycles. The molecule has 0 N–H and O–H groups in total. The van der Waals surface area contributed by atoms with Gasteiger partial charge in [0.05, 0.1) is 5.69 Å². The van der Waals surface area contributed by atoms with Crippen LogP contribution in [0.3, 0.4) is 0 Å². The highest BCUT2D eigenvalue weighted by atomic mass is 35.7. The standard InChI is InChI=1S/C15H14ClNO2S/c1-9-15(2,3)13-11-7-5-4-6-10(11)8-12(14(13)17-9)20(16,18)19/h4-8H,1-3H3. The Kier molecular flexibility index (Phi) is 2.76. The van der Waals surface area contributed by atoms with E-state index in [2.05, 4.69) is 18.8 Å². The third-order valence-corrected chi connectivity index (χ3v) is 5.39. The van der Waals surface area contributed by atoms with Gasteiger partial charge < -0.3 is 0 Å². The summed E-state index contributed by atoms with van der Waals surface area (Å²) in [7, 11) is 1.76. The van der Waals surface area contributed by atoms with Crippen LogP contribution < -0.4 is 0 Å². The summed E-state index contributed by atoms with van der Waals surface area (Å²) in [5.74, 6) is 0. The van der Waals surface area contributed by atoms with Crippen molar-refractivity contribution >= 4 is 41.9 Å². The monoisotopic (exact) mass is 307 g/mol. The molecule has 0 atom stereocenters. The molecule has 2 aromatic rings. The Morgan fingerprint density at radius 2 is 1.85 bits per heavy atom. The third-order valence-electron chi connectivity index (χ3n) is 4.06. The molecule has 0 saturated heterocycles.